The molecular formula is C22H22ClN3O3S. The van der Waals surface area contributed by atoms with Gasteiger partial charge in [0.05, 0.1) is 29.3 Å². The van der Waals surface area contributed by atoms with Crippen LogP contribution in [0.5, 0.6) is 0 Å². The predicted octanol–water partition coefficient (Wildman–Crippen LogP) is 3.38. The Labute approximate surface area is 181 Å². The Bertz CT molecular complexity index is 1160. The number of benzene rings is 2. The molecule has 0 radical (unpaired) electrons. The minimum atomic E-state index is -3.06. The number of halogens is 1. The number of hydrogen-bond donors (Lipinski definition) is 0. The van der Waals surface area contributed by atoms with Crippen LogP contribution in [0.4, 0.5) is 0 Å². The molecule has 2 aromatic carbocycles. The quantitative estimate of drug-likeness (QED) is 0.606. The SMILES string of the molecule is CN(C(=O)Cc1cn(-c2ccccc2)nc1-c1ccc(Cl)cc1)C1CCS(=O)(=O)C1. The van der Waals surface area contributed by atoms with Crippen LogP contribution in [0.2, 0.25) is 5.02 Å². The van der Waals surface area contributed by atoms with Gasteiger partial charge in [0.15, 0.2) is 9.84 Å². The number of carbonyl (C=O) groups is 1. The molecule has 1 saturated heterocycles. The highest BCUT2D eigenvalue weighted by atomic mass is 35.5. The van der Waals surface area contributed by atoms with Gasteiger partial charge in [-0.15, -0.1) is 0 Å². The number of hydrogen-bond acceptors (Lipinski definition) is 4. The normalized spacial score (nSPS) is 17.7. The summed E-state index contributed by atoms with van der Waals surface area (Å²) in [5.41, 5.74) is 3.24. The second kappa shape index (κ2) is 8.24. The van der Waals surface area contributed by atoms with Gasteiger partial charge in [-0.05, 0) is 30.7 Å². The fraction of sp³-hybridized carbons (Fsp3) is 0.273. The molecule has 8 heteroatoms. The molecule has 1 fully saturated rings. The largest absolute Gasteiger partial charge is 0.341 e. The second-order valence-electron chi connectivity index (χ2n) is 7.53. The number of aromatic nitrogens is 2. The zero-order valence-corrected chi connectivity index (χ0v) is 18.1. The van der Waals surface area contributed by atoms with Crippen molar-refractivity contribution < 1.29 is 13.2 Å². The van der Waals surface area contributed by atoms with E-state index in [9.17, 15) is 13.2 Å². The van der Waals surface area contributed by atoms with Gasteiger partial charge in [0.2, 0.25) is 5.91 Å². The number of nitrogens with zero attached hydrogens (tertiary/aromatic N) is 3. The maximum atomic E-state index is 13.0. The van der Waals surface area contributed by atoms with Crippen LogP contribution in [-0.2, 0) is 21.1 Å². The second-order valence-corrected chi connectivity index (χ2v) is 10.2. The smallest absolute Gasteiger partial charge is 0.227 e. The minimum Gasteiger partial charge on any atom is -0.341 e. The Balaban J connectivity index is 1.65. The molecule has 6 nitrogen and oxygen atoms in total. The zero-order valence-electron chi connectivity index (χ0n) is 16.5. The van der Waals surface area contributed by atoms with Gasteiger partial charge in [0.25, 0.3) is 0 Å². The van der Waals surface area contributed by atoms with E-state index in [1.165, 1.54) is 0 Å². The summed E-state index contributed by atoms with van der Waals surface area (Å²) in [6.45, 7) is 0. The third kappa shape index (κ3) is 4.42. The Morgan fingerprint density at radius 1 is 1.17 bits per heavy atom. The van der Waals surface area contributed by atoms with Gasteiger partial charge in [-0.3, -0.25) is 4.79 Å². The Kier molecular flexibility index (Phi) is 5.66. The van der Waals surface area contributed by atoms with Crippen LogP contribution in [0.3, 0.4) is 0 Å². The van der Waals surface area contributed by atoms with Crippen molar-refractivity contribution in [2.75, 3.05) is 18.6 Å². The monoisotopic (exact) mass is 443 g/mol. The zero-order chi connectivity index (χ0) is 21.3. The molecule has 0 aliphatic carbocycles. The van der Waals surface area contributed by atoms with E-state index in [1.54, 1.807) is 28.8 Å². The molecule has 1 aliphatic heterocycles. The maximum Gasteiger partial charge on any atom is 0.227 e. The van der Waals surface area contributed by atoms with Crippen molar-refractivity contribution in [3.05, 3.63) is 71.4 Å². The van der Waals surface area contributed by atoms with E-state index >= 15 is 0 Å². The highest BCUT2D eigenvalue weighted by Gasteiger charge is 2.33. The number of para-hydroxylation sites is 1. The summed E-state index contributed by atoms with van der Waals surface area (Å²) < 4.78 is 25.3. The summed E-state index contributed by atoms with van der Waals surface area (Å²) in [5, 5.41) is 5.35. The predicted molar refractivity (Wildman–Crippen MR) is 118 cm³/mol. The van der Waals surface area contributed by atoms with Gasteiger partial charge in [-0.25, -0.2) is 13.1 Å². The minimum absolute atomic E-state index is 0.0303. The van der Waals surface area contributed by atoms with Gasteiger partial charge in [-0.1, -0.05) is 41.9 Å². The van der Waals surface area contributed by atoms with E-state index < -0.39 is 9.84 Å². The summed E-state index contributed by atoms with van der Waals surface area (Å²) in [7, 11) is -1.38. The fourth-order valence-electron chi connectivity index (χ4n) is 3.67. The highest BCUT2D eigenvalue weighted by molar-refractivity contribution is 7.91. The third-order valence-corrected chi connectivity index (χ3v) is 7.42. The lowest BCUT2D eigenvalue weighted by Crippen LogP contribution is -2.38. The van der Waals surface area contributed by atoms with Crippen molar-refractivity contribution in [3.63, 3.8) is 0 Å². The summed E-state index contributed by atoms with van der Waals surface area (Å²) >= 11 is 6.03. The van der Waals surface area contributed by atoms with Crippen molar-refractivity contribution >= 4 is 27.3 Å². The van der Waals surface area contributed by atoms with Gasteiger partial charge >= 0.3 is 0 Å². The van der Waals surface area contributed by atoms with Crippen LogP contribution < -0.4 is 0 Å². The van der Waals surface area contributed by atoms with Crippen LogP contribution in [0.1, 0.15) is 12.0 Å². The van der Waals surface area contributed by atoms with E-state index in [4.69, 9.17) is 16.7 Å². The lowest BCUT2D eigenvalue weighted by atomic mass is 10.1. The topological polar surface area (TPSA) is 72.3 Å². The molecule has 3 aromatic rings. The van der Waals surface area contributed by atoms with Crippen molar-refractivity contribution in [1.82, 2.24) is 14.7 Å². The number of carbonyl (C=O) groups excluding carboxylic acids is 1. The fourth-order valence-corrected chi connectivity index (χ4v) is 5.58. The first-order valence-corrected chi connectivity index (χ1v) is 11.9. The lowest BCUT2D eigenvalue weighted by molar-refractivity contribution is -0.130. The summed E-state index contributed by atoms with van der Waals surface area (Å²) in [4.78, 5) is 14.5. The van der Waals surface area contributed by atoms with Gasteiger partial charge in [0.1, 0.15) is 0 Å². The number of rotatable bonds is 5. The Hall–Kier alpha value is -2.64. The molecule has 1 aliphatic rings. The first-order valence-electron chi connectivity index (χ1n) is 9.68. The molecule has 1 atom stereocenters. The Morgan fingerprint density at radius 2 is 1.87 bits per heavy atom. The molecule has 30 heavy (non-hydrogen) atoms. The van der Waals surface area contributed by atoms with E-state index in [-0.39, 0.29) is 29.9 Å². The molecular weight excluding hydrogens is 422 g/mol. The van der Waals surface area contributed by atoms with Crippen molar-refractivity contribution in [3.8, 4) is 16.9 Å². The molecule has 0 N–H and O–H groups in total. The number of amides is 1. The molecule has 2 heterocycles. The summed E-state index contributed by atoms with van der Waals surface area (Å²) in [6.07, 6.45) is 2.48. The molecule has 4 rings (SSSR count). The molecule has 1 amide bonds. The van der Waals surface area contributed by atoms with Crippen LogP contribution >= 0.6 is 11.6 Å². The average molecular weight is 444 g/mol. The van der Waals surface area contributed by atoms with Crippen LogP contribution in [0, 0.1) is 0 Å². The highest BCUT2D eigenvalue weighted by Crippen LogP contribution is 2.26. The molecule has 0 saturated carbocycles. The van der Waals surface area contributed by atoms with Gasteiger partial charge < -0.3 is 4.90 Å². The van der Waals surface area contributed by atoms with E-state index in [0.29, 0.717) is 17.1 Å². The van der Waals surface area contributed by atoms with E-state index in [0.717, 1.165) is 16.8 Å². The van der Waals surface area contributed by atoms with Crippen molar-refractivity contribution in [1.29, 1.82) is 0 Å². The molecule has 0 bridgehead atoms. The number of sulfone groups is 1. The first kappa shape index (κ1) is 20.6. The average Bonchev–Trinajstić information content (AvgIpc) is 3.32. The lowest BCUT2D eigenvalue weighted by Gasteiger charge is -2.23. The van der Waals surface area contributed by atoms with Gasteiger partial charge in [-0.2, -0.15) is 5.10 Å². The van der Waals surface area contributed by atoms with Crippen LogP contribution in [0.15, 0.2) is 60.8 Å². The number of likely N-dealkylation sites (N-methyl/N-ethyl adjacent to an activating group) is 1. The summed E-state index contributed by atoms with van der Waals surface area (Å²) in [5.74, 6) is 0.0414. The standard InChI is InChI=1S/C22H22ClN3O3S/c1-25(20-11-12-30(28,29)15-20)21(27)13-17-14-26(19-5-3-2-4-6-19)24-22(17)16-7-9-18(23)10-8-16/h2-10,14,20H,11-13,15H2,1H3. The van der Waals surface area contributed by atoms with E-state index in [1.807, 2.05) is 48.7 Å². The van der Waals surface area contributed by atoms with Crippen LogP contribution in [-0.4, -0.2) is 53.6 Å². The summed E-state index contributed by atoms with van der Waals surface area (Å²) in [6, 6.07) is 16.7. The van der Waals surface area contributed by atoms with E-state index in [2.05, 4.69) is 0 Å². The first-order chi connectivity index (χ1) is 14.3. The molecule has 156 valence electrons. The molecule has 0 spiro atoms. The Morgan fingerprint density at radius 3 is 2.50 bits per heavy atom. The van der Waals surface area contributed by atoms with Crippen molar-refractivity contribution in [2.45, 2.75) is 18.9 Å². The molecule has 1 unspecified atom stereocenters. The van der Waals surface area contributed by atoms with Crippen LogP contribution in [0.25, 0.3) is 16.9 Å². The maximum absolute atomic E-state index is 13.0. The molecule has 1 aromatic heterocycles. The van der Waals surface area contributed by atoms with Gasteiger partial charge in [0, 0.05) is 35.4 Å². The third-order valence-electron chi connectivity index (χ3n) is 5.42. The van der Waals surface area contributed by atoms with Crippen molar-refractivity contribution in [2.24, 2.45) is 0 Å².